The van der Waals surface area contributed by atoms with Crippen molar-refractivity contribution in [3.05, 3.63) is 10.6 Å². The van der Waals surface area contributed by atoms with Crippen LogP contribution < -0.4 is 4.90 Å². The van der Waals surface area contributed by atoms with Crippen molar-refractivity contribution < 1.29 is 9.53 Å². The number of aromatic nitrogens is 1. The summed E-state index contributed by atoms with van der Waals surface area (Å²) in [4.78, 5) is 18.8. The molecule has 1 aromatic rings. The standard InChI is InChI=1S/C15H24N2O2S/c1-15(2,3)13-12(9-18)20-14(16-13)17(4)8-11-6-5-7-19-10-11/h9,11H,5-8,10H2,1-4H3. The van der Waals surface area contributed by atoms with Crippen molar-refractivity contribution in [2.24, 2.45) is 5.92 Å². The Morgan fingerprint density at radius 3 is 2.75 bits per heavy atom. The minimum Gasteiger partial charge on any atom is -0.381 e. The van der Waals surface area contributed by atoms with Crippen LogP contribution in [0.4, 0.5) is 5.13 Å². The Kier molecular flexibility index (Phi) is 4.81. The third kappa shape index (κ3) is 3.58. The first kappa shape index (κ1) is 15.4. The van der Waals surface area contributed by atoms with Gasteiger partial charge in [-0.3, -0.25) is 4.79 Å². The second-order valence-corrected chi connectivity index (χ2v) is 7.55. The fraction of sp³-hybridized carbons (Fsp3) is 0.733. The largest absolute Gasteiger partial charge is 0.381 e. The molecule has 1 aromatic heterocycles. The maximum absolute atomic E-state index is 11.2. The number of thiazole rings is 1. The van der Waals surface area contributed by atoms with E-state index in [4.69, 9.17) is 9.72 Å². The summed E-state index contributed by atoms with van der Waals surface area (Å²) < 4.78 is 5.52. The van der Waals surface area contributed by atoms with E-state index in [1.54, 1.807) is 0 Å². The molecule has 0 radical (unpaired) electrons. The van der Waals surface area contributed by atoms with Gasteiger partial charge in [-0.25, -0.2) is 4.98 Å². The topological polar surface area (TPSA) is 42.4 Å². The molecule has 0 aliphatic carbocycles. The van der Waals surface area contributed by atoms with Crippen LogP contribution in [0.25, 0.3) is 0 Å². The third-order valence-corrected chi connectivity index (χ3v) is 4.67. The Hall–Kier alpha value is -0.940. The molecule has 1 aliphatic rings. The highest BCUT2D eigenvalue weighted by Gasteiger charge is 2.25. The maximum Gasteiger partial charge on any atom is 0.185 e. The number of hydrogen-bond donors (Lipinski definition) is 0. The number of carbonyl (C=O) groups is 1. The van der Waals surface area contributed by atoms with Crippen molar-refractivity contribution in [1.29, 1.82) is 0 Å². The van der Waals surface area contributed by atoms with Gasteiger partial charge < -0.3 is 9.64 Å². The quantitative estimate of drug-likeness (QED) is 0.801. The lowest BCUT2D eigenvalue weighted by Crippen LogP contribution is -2.30. The number of ether oxygens (including phenoxy) is 1. The zero-order chi connectivity index (χ0) is 14.8. The van der Waals surface area contributed by atoms with Crippen LogP contribution in [0.1, 0.15) is 49.0 Å². The van der Waals surface area contributed by atoms with Gasteiger partial charge in [0.1, 0.15) is 0 Å². The molecule has 0 spiro atoms. The fourth-order valence-corrected chi connectivity index (χ4v) is 3.58. The van der Waals surface area contributed by atoms with Crippen molar-refractivity contribution in [2.45, 2.75) is 39.0 Å². The Bertz CT molecular complexity index is 459. The molecule has 1 aliphatic heterocycles. The zero-order valence-electron chi connectivity index (χ0n) is 12.8. The molecular weight excluding hydrogens is 272 g/mol. The molecule has 4 nitrogen and oxygen atoms in total. The molecule has 0 bridgehead atoms. The van der Waals surface area contributed by atoms with Crippen LogP contribution in [0.3, 0.4) is 0 Å². The Labute approximate surface area is 125 Å². The normalized spacial score (nSPS) is 19.9. The first-order valence-corrected chi connectivity index (χ1v) is 7.99. The molecular formula is C15H24N2O2S. The van der Waals surface area contributed by atoms with Gasteiger partial charge in [0.25, 0.3) is 0 Å². The van der Waals surface area contributed by atoms with Gasteiger partial charge in [0.05, 0.1) is 17.2 Å². The van der Waals surface area contributed by atoms with Crippen LogP contribution in [0.2, 0.25) is 0 Å². The van der Waals surface area contributed by atoms with Gasteiger partial charge in [-0.2, -0.15) is 0 Å². The van der Waals surface area contributed by atoms with E-state index in [0.717, 1.165) is 48.2 Å². The molecule has 112 valence electrons. The number of nitrogens with zero attached hydrogens (tertiary/aromatic N) is 2. The second-order valence-electron chi connectivity index (χ2n) is 6.54. The lowest BCUT2D eigenvalue weighted by Gasteiger charge is -2.26. The zero-order valence-corrected chi connectivity index (χ0v) is 13.6. The van der Waals surface area contributed by atoms with Crippen molar-refractivity contribution >= 4 is 22.8 Å². The molecule has 1 fully saturated rings. The summed E-state index contributed by atoms with van der Waals surface area (Å²) in [6, 6.07) is 0. The van der Waals surface area contributed by atoms with Gasteiger partial charge in [-0.15, -0.1) is 0 Å². The molecule has 0 amide bonds. The predicted molar refractivity (Wildman–Crippen MR) is 83.0 cm³/mol. The van der Waals surface area contributed by atoms with Crippen molar-refractivity contribution in [2.75, 3.05) is 31.7 Å². The molecule has 0 saturated carbocycles. The number of aldehydes is 1. The third-order valence-electron chi connectivity index (χ3n) is 3.57. The minimum absolute atomic E-state index is 0.0974. The molecule has 2 rings (SSSR count). The SMILES string of the molecule is CN(CC1CCCOC1)c1nc(C(C)(C)C)c(C=O)s1. The summed E-state index contributed by atoms with van der Waals surface area (Å²) >= 11 is 1.49. The van der Waals surface area contributed by atoms with Gasteiger partial charge in [0, 0.05) is 25.6 Å². The number of anilines is 1. The van der Waals surface area contributed by atoms with Crippen LogP contribution >= 0.6 is 11.3 Å². The van der Waals surface area contributed by atoms with Gasteiger partial charge >= 0.3 is 0 Å². The molecule has 1 saturated heterocycles. The number of hydrogen-bond acceptors (Lipinski definition) is 5. The summed E-state index contributed by atoms with van der Waals surface area (Å²) in [5, 5.41) is 0.933. The number of carbonyl (C=O) groups excluding carboxylic acids is 1. The van der Waals surface area contributed by atoms with E-state index < -0.39 is 0 Å². The van der Waals surface area contributed by atoms with Gasteiger partial charge in [0.15, 0.2) is 11.4 Å². The predicted octanol–water partition coefficient (Wildman–Crippen LogP) is 3.12. The highest BCUT2D eigenvalue weighted by molar-refractivity contribution is 7.17. The van der Waals surface area contributed by atoms with Crippen LogP contribution in [0.15, 0.2) is 0 Å². The molecule has 2 heterocycles. The monoisotopic (exact) mass is 296 g/mol. The molecule has 1 atom stereocenters. The summed E-state index contributed by atoms with van der Waals surface area (Å²) in [6.45, 7) is 8.94. The lowest BCUT2D eigenvalue weighted by molar-refractivity contribution is 0.0576. The highest BCUT2D eigenvalue weighted by Crippen LogP contribution is 2.32. The first-order chi connectivity index (χ1) is 9.41. The lowest BCUT2D eigenvalue weighted by atomic mass is 9.91. The summed E-state index contributed by atoms with van der Waals surface area (Å²) in [5.41, 5.74) is 0.805. The van der Waals surface area contributed by atoms with Crippen molar-refractivity contribution in [3.63, 3.8) is 0 Å². The van der Waals surface area contributed by atoms with Gasteiger partial charge in [0.2, 0.25) is 0 Å². The minimum atomic E-state index is -0.0974. The van der Waals surface area contributed by atoms with E-state index in [9.17, 15) is 4.79 Å². The smallest absolute Gasteiger partial charge is 0.185 e. The average Bonchev–Trinajstić information content (AvgIpc) is 2.84. The molecule has 5 heteroatoms. The Morgan fingerprint density at radius 1 is 1.50 bits per heavy atom. The Morgan fingerprint density at radius 2 is 2.25 bits per heavy atom. The van der Waals surface area contributed by atoms with Crippen molar-refractivity contribution in [3.8, 4) is 0 Å². The Balaban J connectivity index is 2.11. The van der Waals surface area contributed by atoms with Gasteiger partial charge in [-0.1, -0.05) is 32.1 Å². The van der Waals surface area contributed by atoms with E-state index in [1.807, 2.05) is 0 Å². The van der Waals surface area contributed by atoms with E-state index in [-0.39, 0.29) is 5.41 Å². The van der Waals surface area contributed by atoms with E-state index in [0.29, 0.717) is 5.92 Å². The molecule has 0 aromatic carbocycles. The first-order valence-electron chi connectivity index (χ1n) is 7.17. The van der Waals surface area contributed by atoms with E-state index in [2.05, 4.69) is 32.7 Å². The highest BCUT2D eigenvalue weighted by atomic mass is 32.1. The maximum atomic E-state index is 11.2. The average molecular weight is 296 g/mol. The van der Waals surface area contributed by atoms with Crippen LogP contribution in [-0.4, -0.2) is 38.1 Å². The van der Waals surface area contributed by atoms with Crippen LogP contribution in [-0.2, 0) is 10.2 Å². The molecule has 1 unspecified atom stereocenters. The number of rotatable bonds is 4. The van der Waals surface area contributed by atoms with E-state index >= 15 is 0 Å². The second kappa shape index (κ2) is 6.22. The fourth-order valence-electron chi connectivity index (χ4n) is 2.52. The van der Waals surface area contributed by atoms with Crippen LogP contribution in [0, 0.1) is 5.92 Å². The summed E-state index contributed by atoms with van der Waals surface area (Å²) in [6.07, 6.45) is 3.28. The van der Waals surface area contributed by atoms with Crippen molar-refractivity contribution in [1.82, 2.24) is 4.98 Å². The molecule has 0 N–H and O–H groups in total. The summed E-state index contributed by atoms with van der Waals surface area (Å²) in [7, 11) is 2.05. The van der Waals surface area contributed by atoms with Crippen LogP contribution in [0.5, 0.6) is 0 Å². The van der Waals surface area contributed by atoms with E-state index in [1.165, 1.54) is 17.8 Å². The molecule has 20 heavy (non-hydrogen) atoms. The van der Waals surface area contributed by atoms with Gasteiger partial charge in [-0.05, 0) is 18.8 Å². The summed E-state index contributed by atoms with van der Waals surface area (Å²) in [5.74, 6) is 0.565.